The molecule has 0 radical (unpaired) electrons. The van der Waals surface area contributed by atoms with E-state index in [4.69, 9.17) is 14.5 Å². The summed E-state index contributed by atoms with van der Waals surface area (Å²) < 4.78 is 15.3. The van der Waals surface area contributed by atoms with Gasteiger partial charge >= 0.3 is 13.6 Å². The van der Waals surface area contributed by atoms with Crippen LogP contribution in [0.5, 0.6) is 0 Å². The molecule has 0 aromatic rings. The predicted octanol–water partition coefficient (Wildman–Crippen LogP) is 1.29. The van der Waals surface area contributed by atoms with Gasteiger partial charge in [-0.05, 0) is 12.8 Å². The Bertz CT molecular complexity index is 222. The molecule has 0 aliphatic carbocycles. The third-order valence-electron chi connectivity index (χ3n) is 1.70. The second-order valence-corrected chi connectivity index (χ2v) is 4.78. The van der Waals surface area contributed by atoms with Gasteiger partial charge in [0, 0.05) is 0 Å². The van der Waals surface area contributed by atoms with E-state index in [9.17, 15) is 9.36 Å². The van der Waals surface area contributed by atoms with Crippen molar-refractivity contribution in [2.75, 3.05) is 6.16 Å². The van der Waals surface area contributed by atoms with Crippen LogP contribution in [0.3, 0.4) is 0 Å². The van der Waals surface area contributed by atoms with Crippen LogP contribution in [0.15, 0.2) is 0 Å². The van der Waals surface area contributed by atoms with E-state index in [1.165, 1.54) is 0 Å². The van der Waals surface area contributed by atoms with Crippen LogP contribution in [0.4, 0.5) is 0 Å². The molecule has 1 atom stereocenters. The third-order valence-corrected chi connectivity index (χ3v) is 2.37. The van der Waals surface area contributed by atoms with Gasteiger partial charge in [0.25, 0.3) is 0 Å². The molecule has 1 unspecified atom stereocenters. The van der Waals surface area contributed by atoms with Gasteiger partial charge in [0.2, 0.25) is 0 Å². The highest BCUT2D eigenvalue weighted by molar-refractivity contribution is 7.52. The van der Waals surface area contributed by atoms with E-state index < -0.39 is 19.7 Å². The van der Waals surface area contributed by atoms with E-state index in [0.717, 1.165) is 12.8 Å². The Morgan fingerprint density at radius 3 is 2.36 bits per heavy atom. The summed E-state index contributed by atoms with van der Waals surface area (Å²) in [6, 6.07) is 0. The zero-order valence-corrected chi connectivity index (χ0v) is 9.37. The zero-order chi connectivity index (χ0) is 11.2. The van der Waals surface area contributed by atoms with Crippen LogP contribution in [0.25, 0.3) is 0 Å². The Balaban J connectivity index is 3.97. The highest BCUT2D eigenvalue weighted by Gasteiger charge is 2.22. The molecule has 0 spiro atoms. The van der Waals surface area contributed by atoms with Gasteiger partial charge in [-0.25, -0.2) is 0 Å². The average Bonchev–Trinajstić information content (AvgIpc) is 2.00. The van der Waals surface area contributed by atoms with Crippen LogP contribution >= 0.6 is 7.60 Å². The molecule has 5 nitrogen and oxygen atoms in total. The fraction of sp³-hybridized carbons (Fsp3) is 0.875. The predicted molar refractivity (Wildman–Crippen MR) is 52.0 cm³/mol. The van der Waals surface area contributed by atoms with Crippen molar-refractivity contribution in [3.8, 4) is 0 Å². The van der Waals surface area contributed by atoms with E-state index in [1.54, 1.807) is 0 Å². The highest BCUT2D eigenvalue weighted by Crippen LogP contribution is 2.34. The summed E-state index contributed by atoms with van der Waals surface area (Å²) in [6.07, 6.45) is 1.22. The van der Waals surface area contributed by atoms with Crippen LogP contribution in [0, 0.1) is 0 Å². The third kappa shape index (κ3) is 7.06. The summed E-state index contributed by atoms with van der Waals surface area (Å²) in [6.45, 7) is 3.82. The summed E-state index contributed by atoms with van der Waals surface area (Å²) in [4.78, 5) is 28.0. The van der Waals surface area contributed by atoms with E-state index in [0.29, 0.717) is 6.42 Å². The minimum atomic E-state index is -4.28. The summed E-state index contributed by atoms with van der Waals surface area (Å²) in [5.74, 6) is -0.821. The number of carbonyl (C=O) groups excluding carboxylic acids is 1. The smallest absolute Gasteiger partial charge is 0.336 e. The lowest BCUT2D eigenvalue weighted by Gasteiger charge is -2.15. The molecule has 0 aromatic heterocycles. The first kappa shape index (κ1) is 13.6. The van der Waals surface area contributed by atoms with Gasteiger partial charge in [0.1, 0.15) is 12.3 Å². The number of esters is 1. The number of hydrogen-bond acceptors (Lipinski definition) is 3. The van der Waals surface area contributed by atoms with Gasteiger partial charge < -0.3 is 14.5 Å². The first-order valence-electron chi connectivity index (χ1n) is 4.63. The van der Waals surface area contributed by atoms with Crippen molar-refractivity contribution in [3.63, 3.8) is 0 Å². The Hall–Kier alpha value is -0.380. The van der Waals surface area contributed by atoms with Crippen LogP contribution in [-0.4, -0.2) is 28.0 Å². The van der Waals surface area contributed by atoms with Crippen LogP contribution in [0.2, 0.25) is 0 Å². The van der Waals surface area contributed by atoms with Crippen LogP contribution in [0.1, 0.15) is 33.1 Å². The molecule has 0 amide bonds. The van der Waals surface area contributed by atoms with Crippen molar-refractivity contribution < 1.29 is 23.9 Å². The van der Waals surface area contributed by atoms with Gasteiger partial charge in [-0.3, -0.25) is 9.36 Å². The number of hydrogen-bond donors (Lipinski definition) is 2. The molecule has 0 aliphatic rings. The lowest BCUT2D eigenvalue weighted by molar-refractivity contribution is -0.146. The Morgan fingerprint density at radius 2 is 2.00 bits per heavy atom. The van der Waals surface area contributed by atoms with Gasteiger partial charge in [-0.1, -0.05) is 20.3 Å². The minimum Gasteiger partial charge on any atom is -0.462 e. The maximum absolute atomic E-state index is 11.0. The summed E-state index contributed by atoms with van der Waals surface area (Å²) in [5.41, 5.74) is 0. The molecule has 84 valence electrons. The summed E-state index contributed by atoms with van der Waals surface area (Å²) >= 11 is 0. The van der Waals surface area contributed by atoms with E-state index in [1.807, 2.05) is 13.8 Å². The Labute approximate surface area is 83.6 Å². The van der Waals surface area contributed by atoms with Crippen molar-refractivity contribution in [2.24, 2.45) is 0 Å². The fourth-order valence-electron chi connectivity index (χ4n) is 1.06. The van der Waals surface area contributed by atoms with Crippen LogP contribution in [-0.2, 0) is 14.1 Å². The van der Waals surface area contributed by atoms with Crippen molar-refractivity contribution >= 4 is 13.6 Å². The Morgan fingerprint density at radius 1 is 1.43 bits per heavy atom. The van der Waals surface area contributed by atoms with E-state index >= 15 is 0 Å². The maximum atomic E-state index is 11.0. The first-order chi connectivity index (χ1) is 6.39. The second-order valence-electron chi connectivity index (χ2n) is 3.13. The molecule has 2 N–H and O–H groups in total. The molecule has 0 fully saturated rings. The van der Waals surface area contributed by atoms with Crippen molar-refractivity contribution in [3.05, 3.63) is 0 Å². The molecule has 0 aliphatic heterocycles. The van der Waals surface area contributed by atoms with E-state index in [2.05, 4.69) is 0 Å². The second kappa shape index (κ2) is 6.17. The van der Waals surface area contributed by atoms with Crippen molar-refractivity contribution in [1.82, 2.24) is 0 Å². The number of ether oxygens (including phenoxy) is 1. The standard InChI is InChI=1S/C8H17O5P/c1-3-5-7(4-2)13-8(9)6-14(10,11)12/h7H,3-6H2,1-2H3,(H2,10,11,12). The highest BCUT2D eigenvalue weighted by atomic mass is 31.2. The lowest BCUT2D eigenvalue weighted by atomic mass is 10.2. The average molecular weight is 224 g/mol. The van der Waals surface area contributed by atoms with Gasteiger partial charge in [0.05, 0.1) is 0 Å². The molecule has 0 rings (SSSR count). The fourth-order valence-corrected chi connectivity index (χ4v) is 1.47. The molecular weight excluding hydrogens is 207 g/mol. The van der Waals surface area contributed by atoms with Crippen molar-refractivity contribution in [1.29, 1.82) is 0 Å². The molecule has 0 bridgehead atoms. The number of carbonyl (C=O) groups is 1. The SMILES string of the molecule is CCCC(CC)OC(=O)CP(=O)(O)O. The number of rotatable bonds is 6. The molecular formula is C8H17O5P. The molecule has 0 saturated heterocycles. The molecule has 0 heterocycles. The Kier molecular flexibility index (Phi) is 6.00. The van der Waals surface area contributed by atoms with Gasteiger partial charge in [-0.15, -0.1) is 0 Å². The maximum Gasteiger partial charge on any atom is 0.336 e. The van der Waals surface area contributed by atoms with E-state index in [-0.39, 0.29) is 6.10 Å². The zero-order valence-electron chi connectivity index (χ0n) is 8.47. The van der Waals surface area contributed by atoms with Crippen molar-refractivity contribution in [2.45, 2.75) is 39.2 Å². The molecule has 0 aromatic carbocycles. The first-order valence-corrected chi connectivity index (χ1v) is 6.42. The van der Waals surface area contributed by atoms with Gasteiger partial charge in [-0.2, -0.15) is 0 Å². The topological polar surface area (TPSA) is 83.8 Å². The largest absolute Gasteiger partial charge is 0.462 e. The summed E-state index contributed by atoms with van der Waals surface area (Å²) in [7, 11) is -4.28. The van der Waals surface area contributed by atoms with Gasteiger partial charge in [0.15, 0.2) is 0 Å². The monoisotopic (exact) mass is 224 g/mol. The minimum absolute atomic E-state index is 0.223. The molecule has 14 heavy (non-hydrogen) atoms. The summed E-state index contributed by atoms with van der Waals surface area (Å²) in [5, 5.41) is 0. The normalized spacial score (nSPS) is 13.7. The lowest BCUT2D eigenvalue weighted by Crippen LogP contribution is -2.19. The quantitative estimate of drug-likeness (QED) is 0.524. The molecule has 0 saturated carbocycles. The molecule has 6 heteroatoms. The van der Waals surface area contributed by atoms with Crippen LogP contribution < -0.4 is 0 Å².